The average molecular weight is 548 g/mol. The fourth-order valence-electron chi connectivity index (χ4n) is 6.40. The van der Waals surface area contributed by atoms with Crippen LogP contribution in [0.1, 0.15) is 0 Å². The summed E-state index contributed by atoms with van der Waals surface area (Å²) in [4.78, 5) is 2.35. The van der Waals surface area contributed by atoms with E-state index in [-0.39, 0.29) is 0 Å². The van der Waals surface area contributed by atoms with Crippen LogP contribution >= 0.6 is 0 Å². The predicted molar refractivity (Wildman–Crippen MR) is 185 cm³/mol. The van der Waals surface area contributed by atoms with Crippen LogP contribution < -0.4 is 4.90 Å². The summed E-state index contributed by atoms with van der Waals surface area (Å²) in [6, 6.07) is 63.4. The highest BCUT2D eigenvalue weighted by atomic mass is 15.1. The van der Waals surface area contributed by atoms with Crippen molar-refractivity contribution in [3.05, 3.63) is 176 Å². The lowest BCUT2D eigenvalue weighted by molar-refractivity contribution is 1.28. The van der Waals surface area contributed by atoms with E-state index >= 15 is 0 Å². The molecule has 0 fully saturated rings. The average Bonchev–Trinajstić information content (AvgIpc) is 3.09. The summed E-state index contributed by atoms with van der Waals surface area (Å²) >= 11 is 0. The number of anilines is 3. The Labute approximate surface area is 251 Å². The van der Waals surface area contributed by atoms with Crippen LogP contribution in [-0.4, -0.2) is 0 Å². The molecule has 202 valence electrons. The van der Waals surface area contributed by atoms with Crippen LogP contribution in [0.5, 0.6) is 0 Å². The summed E-state index contributed by atoms with van der Waals surface area (Å²) in [5.41, 5.74) is 8.28. The lowest BCUT2D eigenvalue weighted by atomic mass is 9.93. The Morgan fingerprint density at radius 2 is 0.860 bits per heavy atom. The second-order valence-corrected chi connectivity index (χ2v) is 11.0. The molecule has 0 spiro atoms. The second-order valence-electron chi connectivity index (χ2n) is 11.0. The number of hydrogen-bond acceptors (Lipinski definition) is 1. The number of para-hydroxylation sites is 1. The van der Waals surface area contributed by atoms with Crippen molar-refractivity contribution in [1.82, 2.24) is 0 Å². The fraction of sp³-hybridized carbons (Fsp3) is 0. The SMILES string of the molecule is c1ccc(N(c2ccc(-c3cccc4ccccc34)cc2)c2cccc(-c3cc4ccccc4c4ccccc34)c2)cc1. The van der Waals surface area contributed by atoms with Crippen LogP contribution in [0, 0.1) is 0 Å². The van der Waals surface area contributed by atoms with Gasteiger partial charge < -0.3 is 4.90 Å². The van der Waals surface area contributed by atoms with Crippen LogP contribution in [0.2, 0.25) is 0 Å². The Bertz CT molecular complexity index is 2220. The van der Waals surface area contributed by atoms with Crippen molar-refractivity contribution in [1.29, 1.82) is 0 Å². The van der Waals surface area contributed by atoms with Crippen molar-refractivity contribution < 1.29 is 0 Å². The van der Waals surface area contributed by atoms with Gasteiger partial charge in [-0.05, 0) is 97.0 Å². The lowest BCUT2D eigenvalue weighted by Crippen LogP contribution is -2.09. The lowest BCUT2D eigenvalue weighted by Gasteiger charge is -2.26. The third-order valence-electron chi connectivity index (χ3n) is 8.42. The number of rotatable bonds is 5. The maximum absolute atomic E-state index is 2.35. The van der Waals surface area contributed by atoms with Gasteiger partial charge in [-0.2, -0.15) is 0 Å². The zero-order valence-corrected chi connectivity index (χ0v) is 23.7. The molecule has 0 saturated heterocycles. The van der Waals surface area contributed by atoms with Crippen LogP contribution in [-0.2, 0) is 0 Å². The van der Waals surface area contributed by atoms with E-state index in [0.717, 1.165) is 17.1 Å². The molecular weight excluding hydrogens is 518 g/mol. The maximum atomic E-state index is 2.35. The molecule has 0 radical (unpaired) electrons. The first-order chi connectivity index (χ1) is 21.3. The minimum atomic E-state index is 1.12. The van der Waals surface area contributed by atoms with Gasteiger partial charge >= 0.3 is 0 Å². The minimum Gasteiger partial charge on any atom is -0.310 e. The summed E-state index contributed by atoms with van der Waals surface area (Å²) in [7, 11) is 0. The first kappa shape index (κ1) is 25.1. The van der Waals surface area contributed by atoms with Crippen LogP contribution in [0.15, 0.2) is 176 Å². The molecule has 0 bridgehead atoms. The predicted octanol–water partition coefficient (Wildman–Crippen LogP) is 11.9. The van der Waals surface area contributed by atoms with E-state index in [9.17, 15) is 0 Å². The summed E-state index contributed by atoms with van der Waals surface area (Å²) in [5.74, 6) is 0. The summed E-state index contributed by atoms with van der Waals surface area (Å²) in [6.45, 7) is 0. The Hall–Kier alpha value is -5.66. The molecule has 8 rings (SSSR count). The molecule has 0 heterocycles. The number of nitrogens with zero attached hydrogens (tertiary/aromatic N) is 1. The Kier molecular flexibility index (Phi) is 6.20. The number of hydrogen-bond donors (Lipinski definition) is 0. The third-order valence-corrected chi connectivity index (χ3v) is 8.42. The molecule has 0 saturated carbocycles. The maximum Gasteiger partial charge on any atom is 0.0467 e. The van der Waals surface area contributed by atoms with Crippen molar-refractivity contribution in [2.45, 2.75) is 0 Å². The molecular formula is C42H29N. The zero-order valence-electron chi connectivity index (χ0n) is 23.7. The van der Waals surface area contributed by atoms with E-state index in [1.54, 1.807) is 0 Å². The van der Waals surface area contributed by atoms with Crippen molar-refractivity contribution in [3.63, 3.8) is 0 Å². The molecule has 1 heteroatoms. The highest BCUT2D eigenvalue weighted by Gasteiger charge is 2.15. The second kappa shape index (κ2) is 10.6. The van der Waals surface area contributed by atoms with Gasteiger partial charge in [-0.1, -0.05) is 133 Å². The van der Waals surface area contributed by atoms with Crippen LogP contribution in [0.3, 0.4) is 0 Å². The highest BCUT2D eigenvalue weighted by molar-refractivity contribution is 6.13. The van der Waals surface area contributed by atoms with Gasteiger partial charge in [0.05, 0.1) is 0 Å². The molecule has 8 aromatic rings. The normalized spacial score (nSPS) is 11.3. The Morgan fingerprint density at radius 1 is 0.279 bits per heavy atom. The van der Waals surface area contributed by atoms with Crippen molar-refractivity contribution >= 4 is 49.4 Å². The first-order valence-electron chi connectivity index (χ1n) is 14.8. The topological polar surface area (TPSA) is 3.24 Å². The third kappa shape index (κ3) is 4.52. The number of benzene rings is 8. The molecule has 0 amide bonds. The Balaban J connectivity index is 1.26. The van der Waals surface area contributed by atoms with Crippen LogP contribution in [0.4, 0.5) is 17.1 Å². The van der Waals surface area contributed by atoms with Crippen LogP contribution in [0.25, 0.3) is 54.6 Å². The van der Waals surface area contributed by atoms with E-state index in [0.29, 0.717) is 0 Å². The standard InChI is InChI=1S/C42H29N/c1-2-16-34(17-3-1)43(35-26-24-31(25-27-35)38-23-11-14-30-12-4-6-19-37(30)38)36-18-10-15-32(28-36)42-29-33-13-5-7-20-39(33)40-21-8-9-22-41(40)42/h1-29H. The smallest absolute Gasteiger partial charge is 0.0467 e. The molecule has 0 atom stereocenters. The van der Waals surface area contributed by atoms with E-state index in [1.807, 2.05) is 0 Å². The van der Waals surface area contributed by atoms with Gasteiger partial charge in [-0.15, -0.1) is 0 Å². The molecule has 8 aromatic carbocycles. The minimum absolute atomic E-state index is 1.12. The van der Waals surface area contributed by atoms with E-state index in [1.165, 1.54) is 54.6 Å². The van der Waals surface area contributed by atoms with Gasteiger partial charge in [0.25, 0.3) is 0 Å². The van der Waals surface area contributed by atoms with Gasteiger partial charge in [0.1, 0.15) is 0 Å². The monoisotopic (exact) mass is 547 g/mol. The summed E-state index contributed by atoms with van der Waals surface area (Å²) < 4.78 is 0. The summed E-state index contributed by atoms with van der Waals surface area (Å²) in [6.07, 6.45) is 0. The van der Waals surface area contributed by atoms with Gasteiger partial charge in [-0.25, -0.2) is 0 Å². The molecule has 0 aliphatic carbocycles. The van der Waals surface area contributed by atoms with Crippen molar-refractivity contribution in [3.8, 4) is 22.3 Å². The van der Waals surface area contributed by atoms with Crippen molar-refractivity contribution in [2.24, 2.45) is 0 Å². The van der Waals surface area contributed by atoms with E-state index in [4.69, 9.17) is 0 Å². The largest absolute Gasteiger partial charge is 0.310 e. The molecule has 1 nitrogen and oxygen atoms in total. The van der Waals surface area contributed by atoms with Gasteiger partial charge in [0.2, 0.25) is 0 Å². The molecule has 0 aliphatic heterocycles. The fourth-order valence-corrected chi connectivity index (χ4v) is 6.40. The number of fused-ring (bicyclic) bond motifs is 4. The Morgan fingerprint density at radius 3 is 1.67 bits per heavy atom. The molecule has 0 aromatic heterocycles. The molecule has 0 unspecified atom stereocenters. The molecule has 43 heavy (non-hydrogen) atoms. The quantitative estimate of drug-likeness (QED) is 0.194. The first-order valence-corrected chi connectivity index (χ1v) is 14.8. The molecule has 0 aliphatic rings. The van der Waals surface area contributed by atoms with Gasteiger partial charge in [-0.3, -0.25) is 0 Å². The van der Waals surface area contributed by atoms with Gasteiger partial charge in [0, 0.05) is 17.1 Å². The highest BCUT2D eigenvalue weighted by Crippen LogP contribution is 2.40. The van der Waals surface area contributed by atoms with E-state index < -0.39 is 0 Å². The van der Waals surface area contributed by atoms with Gasteiger partial charge in [0.15, 0.2) is 0 Å². The summed E-state index contributed by atoms with van der Waals surface area (Å²) in [5, 5.41) is 7.62. The molecule has 0 N–H and O–H groups in total. The zero-order chi connectivity index (χ0) is 28.6. The van der Waals surface area contributed by atoms with Crippen molar-refractivity contribution in [2.75, 3.05) is 4.90 Å². The van der Waals surface area contributed by atoms with E-state index in [2.05, 4.69) is 181 Å².